The number of fused-ring (bicyclic) bond motifs is 1. The number of rotatable bonds is 2. The van der Waals surface area contributed by atoms with Crippen LogP contribution in [-0.4, -0.2) is 24.7 Å². The van der Waals surface area contributed by atoms with E-state index >= 15 is 0 Å². The lowest BCUT2D eigenvalue weighted by Gasteiger charge is -2.08. The van der Waals surface area contributed by atoms with Crippen molar-refractivity contribution in [2.75, 3.05) is 0 Å². The van der Waals surface area contributed by atoms with Gasteiger partial charge in [-0.15, -0.1) is 0 Å². The number of aliphatic carboxylic acids is 1. The number of hydrogen-bond donors (Lipinski definition) is 0. The largest absolute Gasteiger partial charge is 0.548 e. The van der Waals surface area contributed by atoms with E-state index in [0.29, 0.717) is 0 Å². The molecule has 2 aromatic heterocycles. The van der Waals surface area contributed by atoms with E-state index in [4.69, 9.17) is 0 Å². The molecule has 2 heterocycles. The number of imidazole rings is 1. The molecule has 0 amide bonds. The molecule has 0 unspecified atom stereocenters. The van der Waals surface area contributed by atoms with E-state index in [1.165, 1.54) is 29.6 Å². The Hall–Kier alpha value is -2.38. The average molecular weight is 237 g/mol. The summed E-state index contributed by atoms with van der Waals surface area (Å²) in [5.41, 5.74) is -0.874. The summed E-state index contributed by atoms with van der Waals surface area (Å²) >= 11 is 0. The minimum absolute atomic E-state index is 0.0517. The Labute approximate surface area is 94.3 Å². The number of hydrogen-bond acceptors (Lipinski definition) is 5. The number of nitrogens with zero attached hydrogens (tertiary/aromatic N) is 4. The summed E-state index contributed by atoms with van der Waals surface area (Å²) in [7, 11) is 2.78. The predicted octanol–water partition coefficient (Wildman–Crippen LogP) is -2.82. The molecule has 0 aliphatic rings. The van der Waals surface area contributed by atoms with Crippen LogP contribution in [0.15, 0.2) is 15.9 Å². The molecule has 0 bridgehead atoms. The van der Waals surface area contributed by atoms with Crippen molar-refractivity contribution in [1.82, 2.24) is 18.7 Å². The van der Waals surface area contributed by atoms with Gasteiger partial charge in [0.2, 0.25) is 0 Å². The van der Waals surface area contributed by atoms with Gasteiger partial charge in [-0.2, -0.15) is 0 Å². The van der Waals surface area contributed by atoms with E-state index in [1.54, 1.807) is 0 Å². The van der Waals surface area contributed by atoms with Gasteiger partial charge in [-0.1, -0.05) is 0 Å². The molecule has 2 rings (SSSR count). The molecule has 0 spiro atoms. The van der Waals surface area contributed by atoms with Crippen LogP contribution in [-0.2, 0) is 25.4 Å². The highest BCUT2D eigenvalue weighted by atomic mass is 16.4. The van der Waals surface area contributed by atoms with Crippen LogP contribution in [0.3, 0.4) is 0 Å². The Morgan fingerprint density at radius 2 is 2.00 bits per heavy atom. The summed E-state index contributed by atoms with van der Waals surface area (Å²) in [4.78, 5) is 37.7. The Morgan fingerprint density at radius 1 is 1.35 bits per heavy atom. The van der Waals surface area contributed by atoms with Crippen LogP contribution in [0.4, 0.5) is 0 Å². The van der Waals surface area contributed by atoms with E-state index in [2.05, 4.69) is 4.98 Å². The van der Waals surface area contributed by atoms with Gasteiger partial charge in [0.25, 0.3) is 5.56 Å². The number of carbonyl (C=O) groups is 1. The quantitative estimate of drug-likeness (QED) is 0.560. The van der Waals surface area contributed by atoms with E-state index in [-0.39, 0.29) is 11.2 Å². The first-order chi connectivity index (χ1) is 7.93. The zero-order valence-corrected chi connectivity index (χ0v) is 9.21. The number of aromatic nitrogens is 4. The van der Waals surface area contributed by atoms with Crippen LogP contribution in [0.25, 0.3) is 11.2 Å². The fourth-order valence-electron chi connectivity index (χ4n) is 1.69. The van der Waals surface area contributed by atoms with Gasteiger partial charge in [0.1, 0.15) is 5.65 Å². The summed E-state index contributed by atoms with van der Waals surface area (Å²) in [6.07, 6.45) is 1.20. The molecule has 90 valence electrons. The van der Waals surface area contributed by atoms with Crippen molar-refractivity contribution in [2.24, 2.45) is 14.1 Å². The summed E-state index contributed by atoms with van der Waals surface area (Å²) in [6.45, 7) is -0.461. The lowest BCUT2D eigenvalue weighted by atomic mass is 10.5. The molecule has 8 heteroatoms. The number of carbonyl (C=O) groups excluding carboxylic acids is 1. The normalized spacial score (nSPS) is 10.9. The third kappa shape index (κ3) is 1.53. The second kappa shape index (κ2) is 3.58. The van der Waals surface area contributed by atoms with Crippen molar-refractivity contribution in [2.45, 2.75) is 6.54 Å². The number of aryl methyl sites for hydroxylation is 1. The highest BCUT2D eigenvalue weighted by Gasteiger charge is 2.13. The Morgan fingerprint density at radius 3 is 2.59 bits per heavy atom. The molecule has 8 nitrogen and oxygen atoms in total. The number of carboxylic acid groups (broad SMARTS) is 1. The van der Waals surface area contributed by atoms with Crippen molar-refractivity contribution < 1.29 is 9.90 Å². The van der Waals surface area contributed by atoms with Crippen LogP contribution in [0.5, 0.6) is 0 Å². The van der Waals surface area contributed by atoms with Gasteiger partial charge in [-0.25, -0.2) is 9.78 Å². The Balaban J connectivity index is 2.90. The van der Waals surface area contributed by atoms with Gasteiger partial charge in [0.05, 0.1) is 18.8 Å². The molecule has 0 aromatic carbocycles. The molecule has 0 aliphatic carbocycles. The molecule has 0 N–H and O–H groups in total. The van der Waals surface area contributed by atoms with Crippen LogP contribution < -0.4 is 16.4 Å². The van der Waals surface area contributed by atoms with E-state index < -0.39 is 23.8 Å². The van der Waals surface area contributed by atoms with Gasteiger partial charge >= 0.3 is 5.69 Å². The maximum absolute atomic E-state index is 11.7. The van der Waals surface area contributed by atoms with Crippen molar-refractivity contribution in [3.63, 3.8) is 0 Å². The first-order valence-corrected chi connectivity index (χ1v) is 4.74. The van der Waals surface area contributed by atoms with E-state index in [1.807, 2.05) is 0 Å². The molecule has 0 saturated carbocycles. The average Bonchev–Trinajstić information content (AvgIpc) is 2.66. The Bertz CT molecular complexity index is 721. The minimum atomic E-state index is -1.32. The van der Waals surface area contributed by atoms with Crippen LogP contribution >= 0.6 is 0 Å². The third-order valence-corrected chi connectivity index (χ3v) is 2.51. The monoisotopic (exact) mass is 237 g/mol. The molecule has 0 aliphatic heterocycles. The first kappa shape index (κ1) is 11.1. The van der Waals surface area contributed by atoms with Gasteiger partial charge in [0, 0.05) is 14.1 Å². The van der Waals surface area contributed by atoms with E-state index in [9.17, 15) is 19.5 Å². The fraction of sp³-hybridized carbons (Fsp3) is 0.333. The van der Waals surface area contributed by atoms with Gasteiger partial charge in [-0.05, 0) is 0 Å². The van der Waals surface area contributed by atoms with Crippen LogP contribution in [0.2, 0.25) is 0 Å². The van der Waals surface area contributed by atoms with Crippen molar-refractivity contribution in [1.29, 1.82) is 0 Å². The topological polar surface area (TPSA) is 102 Å². The zero-order chi connectivity index (χ0) is 12.7. The van der Waals surface area contributed by atoms with Crippen LogP contribution in [0, 0.1) is 0 Å². The molecule has 0 radical (unpaired) electrons. The Kier molecular flexibility index (Phi) is 2.34. The SMILES string of the molecule is Cn1c(=O)c2ncn(CC(=O)[O-])c2n(C)c1=O. The maximum Gasteiger partial charge on any atom is 0.332 e. The van der Waals surface area contributed by atoms with Crippen molar-refractivity contribution >= 4 is 17.1 Å². The molecular weight excluding hydrogens is 228 g/mol. The molecule has 17 heavy (non-hydrogen) atoms. The first-order valence-electron chi connectivity index (χ1n) is 4.74. The molecule has 0 atom stereocenters. The highest BCUT2D eigenvalue weighted by molar-refractivity contribution is 5.73. The van der Waals surface area contributed by atoms with Crippen molar-refractivity contribution in [3.05, 3.63) is 27.2 Å². The summed E-state index contributed by atoms with van der Waals surface area (Å²) < 4.78 is 3.28. The molecule has 0 saturated heterocycles. The second-order valence-electron chi connectivity index (χ2n) is 3.62. The second-order valence-corrected chi connectivity index (χ2v) is 3.62. The van der Waals surface area contributed by atoms with Crippen molar-refractivity contribution in [3.8, 4) is 0 Å². The minimum Gasteiger partial charge on any atom is -0.548 e. The van der Waals surface area contributed by atoms with E-state index in [0.717, 1.165) is 4.57 Å². The highest BCUT2D eigenvalue weighted by Crippen LogP contribution is 2.04. The van der Waals surface area contributed by atoms with Gasteiger partial charge in [0.15, 0.2) is 5.52 Å². The zero-order valence-electron chi connectivity index (χ0n) is 9.21. The lowest BCUT2D eigenvalue weighted by molar-refractivity contribution is -0.306. The number of carboxylic acids is 1. The maximum atomic E-state index is 11.7. The summed E-state index contributed by atoms with van der Waals surface area (Å²) in [5.74, 6) is -1.32. The summed E-state index contributed by atoms with van der Waals surface area (Å²) in [6, 6.07) is 0. The standard InChI is InChI=1S/C9H10N4O4/c1-11-7-6(8(16)12(2)9(11)17)10-4-13(7)3-5(14)15/h4H,3H2,1-2H3,(H,14,15)/p-1. The van der Waals surface area contributed by atoms with Gasteiger partial charge < -0.3 is 14.5 Å². The predicted molar refractivity (Wildman–Crippen MR) is 55.2 cm³/mol. The summed E-state index contributed by atoms with van der Waals surface area (Å²) in [5, 5.41) is 10.5. The fourth-order valence-corrected chi connectivity index (χ4v) is 1.69. The van der Waals surface area contributed by atoms with Gasteiger partial charge in [-0.3, -0.25) is 13.9 Å². The smallest absolute Gasteiger partial charge is 0.332 e. The third-order valence-electron chi connectivity index (χ3n) is 2.51. The molecular formula is C9H9N4O4-. The molecule has 2 aromatic rings. The molecule has 0 fully saturated rings. The van der Waals surface area contributed by atoms with Crippen LogP contribution in [0.1, 0.15) is 0 Å². The lowest BCUT2D eigenvalue weighted by Crippen LogP contribution is -2.38.